The van der Waals surface area contributed by atoms with Gasteiger partial charge in [0, 0.05) is 16.1 Å². The maximum absolute atomic E-state index is 13.7. The van der Waals surface area contributed by atoms with Crippen LogP contribution in [0.2, 0.25) is 5.02 Å². The molecule has 0 saturated heterocycles. The number of benzene rings is 2. The number of hydrogen-bond acceptors (Lipinski definition) is 2. The zero-order chi connectivity index (χ0) is 14.7. The molecule has 0 amide bonds. The molecular formula is C16H16ClFO2. The molecule has 106 valence electrons. The summed E-state index contributed by atoms with van der Waals surface area (Å²) >= 11 is 5.71. The molecule has 20 heavy (non-hydrogen) atoms. The van der Waals surface area contributed by atoms with Crippen molar-refractivity contribution in [3.63, 3.8) is 0 Å². The van der Waals surface area contributed by atoms with E-state index in [1.165, 1.54) is 6.07 Å². The summed E-state index contributed by atoms with van der Waals surface area (Å²) in [5, 5.41) is 10.1. The average molecular weight is 295 g/mol. The molecule has 0 aliphatic rings. The van der Waals surface area contributed by atoms with Gasteiger partial charge >= 0.3 is 0 Å². The Hall–Kier alpha value is -1.58. The van der Waals surface area contributed by atoms with Gasteiger partial charge < -0.3 is 9.84 Å². The van der Waals surface area contributed by atoms with Crippen molar-refractivity contribution in [2.24, 2.45) is 0 Å². The second kappa shape index (κ2) is 6.25. The molecule has 1 unspecified atom stereocenters. The summed E-state index contributed by atoms with van der Waals surface area (Å²) in [6.07, 6.45) is -0.638. The van der Waals surface area contributed by atoms with Crippen molar-refractivity contribution in [2.75, 3.05) is 0 Å². The lowest BCUT2D eigenvalue weighted by molar-refractivity contribution is 0.190. The van der Waals surface area contributed by atoms with E-state index in [-0.39, 0.29) is 6.61 Å². The molecule has 0 aromatic heterocycles. The number of aliphatic hydroxyl groups excluding tert-OH is 1. The average Bonchev–Trinajstić information content (AvgIpc) is 2.37. The van der Waals surface area contributed by atoms with E-state index in [1.54, 1.807) is 19.1 Å². The first kappa shape index (κ1) is 14.8. The lowest BCUT2D eigenvalue weighted by Gasteiger charge is -2.14. The van der Waals surface area contributed by atoms with Crippen molar-refractivity contribution in [3.8, 4) is 5.75 Å². The molecule has 0 aliphatic carbocycles. The molecule has 2 aromatic rings. The number of hydrogen-bond donors (Lipinski definition) is 1. The highest BCUT2D eigenvalue weighted by Gasteiger charge is 2.11. The fraction of sp³-hybridized carbons (Fsp3) is 0.250. The monoisotopic (exact) mass is 294 g/mol. The minimum atomic E-state index is -0.638. The molecule has 0 bridgehead atoms. The Kier molecular flexibility index (Phi) is 4.63. The van der Waals surface area contributed by atoms with Crippen LogP contribution in [-0.2, 0) is 6.61 Å². The molecule has 2 aromatic carbocycles. The Morgan fingerprint density at radius 1 is 1.25 bits per heavy atom. The van der Waals surface area contributed by atoms with Crippen LogP contribution in [0.25, 0.3) is 0 Å². The van der Waals surface area contributed by atoms with Crippen LogP contribution in [0.3, 0.4) is 0 Å². The second-order valence-corrected chi connectivity index (χ2v) is 5.18. The first-order chi connectivity index (χ1) is 9.47. The van der Waals surface area contributed by atoms with Crippen LogP contribution in [0, 0.1) is 12.7 Å². The lowest BCUT2D eigenvalue weighted by Crippen LogP contribution is -2.03. The normalized spacial score (nSPS) is 12.2. The topological polar surface area (TPSA) is 29.5 Å². The fourth-order valence-corrected chi connectivity index (χ4v) is 2.06. The van der Waals surface area contributed by atoms with Crippen LogP contribution < -0.4 is 4.74 Å². The van der Waals surface area contributed by atoms with E-state index >= 15 is 0 Å². The first-order valence-corrected chi connectivity index (χ1v) is 6.70. The zero-order valence-corrected chi connectivity index (χ0v) is 12.1. The van der Waals surface area contributed by atoms with E-state index in [9.17, 15) is 9.50 Å². The summed E-state index contributed by atoms with van der Waals surface area (Å²) in [6, 6.07) is 10.0. The van der Waals surface area contributed by atoms with E-state index < -0.39 is 11.9 Å². The highest BCUT2D eigenvalue weighted by Crippen LogP contribution is 2.27. The third-order valence-electron chi connectivity index (χ3n) is 3.02. The van der Waals surface area contributed by atoms with Crippen molar-refractivity contribution >= 4 is 11.6 Å². The van der Waals surface area contributed by atoms with Crippen molar-refractivity contribution in [1.29, 1.82) is 0 Å². The SMILES string of the molecule is Cc1ccc(C(C)O)c(OCc2ccc(Cl)cc2F)c1. The van der Waals surface area contributed by atoms with Crippen molar-refractivity contribution < 1.29 is 14.2 Å². The molecular weight excluding hydrogens is 279 g/mol. The van der Waals surface area contributed by atoms with Crippen LogP contribution in [-0.4, -0.2) is 5.11 Å². The molecule has 4 heteroatoms. The maximum atomic E-state index is 13.7. The molecule has 0 fully saturated rings. The first-order valence-electron chi connectivity index (χ1n) is 6.32. The Bertz CT molecular complexity index is 611. The van der Waals surface area contributed by atoms with Crippen molar-refractivity contribution in [2.45, 2.75) is 26.6 Å². The number of rotatable bonds is 4. The largest absolute Gasteiger partial charge is 0.488 e. The van der Waals surface area contributed by atoms with Crippen molar-refractivity contribution in [1.82, 2.24) is 0 Å². The minimum Gasteiger partial charge on any atom is -0.488 e. The summed E-state index contributed by atoms with van der Waals surface area (Å²) in [5.41, 5.74) is 2.12. The van der Waals surface area contributed by atoms with Gasteiger partial charge in [0.05, 0.1) is 6.10 Å². The molecule has 0 spiro atoms. The highest BCUT2D eigenvalue weighted by molar-refractivity contribution is 6.30. The van der Waals surface area contributed by atoms with Gasteiger partial charge in [0.25, 0.3) is 0 Å². The molecule has 0 heterocycles. The van der Waals surface area contributed by atoms with Gasteiger partial charge in [-0.05, 0) is 37.6 Å². The van der Waals surface area contributed by atoms with Crippen LogP contribution >= 0.6 is 11.6 Å². The van der Waals surface area contributed by atoms with Gasteiger partial charge in [0.2, 0.25) is 0 Å². The Labute approximate surface area is 122 Å². The predicted octanol–water partition coefficient (Wildman–Crippen LogP) is 4.42. The van der Waals surface area contributed by atoms with E-state index in [0.29, 0.717) is 21.9 Å². The number of aryl methyl sites for hydroxylation is 1. The van der Waals surface area contributed by atoms with Crippen LogP contribution in [0.4, 0.5) is 4.39 Å². The molecule has 2 rings (SSSR count). The number of halogens is 2. The Morgan fingerprint density at radius 2 is 2.00 bits per heavy atom. The zero-order valence-electron chi connectivity index (χ0n) is 11.4. The molecule has 1 N–H and O–H groups in total. The third kappa shape index (κ3) is 3.50. The third-order valence-corrected chi connectivity index (χ3v) is 3.25. The summed E-state index contributed by atoms with van der Waals surface area (Å²) in [7, 11) is 0. The fourth-order valence-electron chi connectivity index (χ4n) is 1.91. The van der Waals surface area contributed by atoms with Gasteiger partial charge in [0.1, 0.15) is 18.2 Å². The smallest absolute Gasteiger partial charge is 0.131 e. The molecule has 0 saturated carbocycles. The lowest BCUT2D eigenvalue weighted by atomic mass is 10.1. The van der Waals surface area contributed by atoms with Gasteiger partial charge in [0.15, 0.2) is 0 Å². The minimum absolute atomic E-state index is 0.0895. The molecule has 2 nitrogen and oxygen atoms in total. The van der Waals surface area contributed by atoms with Gasteiger partial charge in [-0.3, -0.25) is 0 Å². The summed E-state index contributed by atoms with van der Waals surface area (Å²) in [5.74, 6) is 0.165. The summed E-state index contributed by atoms with van der Waals surface area (Å²) in [6.45, 7) is 3.69. The van der Waals surface area contributed by atoms with Crippen LogP contribution in [0.15, 0.2) is 36.4 Å². The van der Waals surface area contributed by atoms with E-state index in [1.807, 2.05) is 25.1 Å². The van der Waals surface area contributed by atoms with E-state index in [4.69, 9.17) is 16.3 Å². The quantitative estimate of drug-likeness (QED) is 0.904. The Morgan fingerprint density at radius 3 is 2.65 bits per heavy atom. The van der Waals surface area contributed by atoms with E-state index in [2.05, 4.69) is 0 Å². The summed E-state index contributed by atoms with van der Waals surface area (Å²) in [4.78, 5) is 0. The molecule has 1 atom stereocenters. The van der Waals surface area contributed by atoms with Gasteiger partial charge in [-0.25, -0.2) is 4.39 Å². The van der Waals surface area contributed by atoms with Crippen LogP contribution in [0.5, 0.6) is 5.75 Å². The molecule has 0 radical (unpaired) electrons. The molecule has 0 aliphatic heterocycles. The van der Waals surface area contributed by atoms with Gasteiger partial charge in [-0.2, -0.15) is 0 Å². The number of ether oxygens (including phenoxy) is 1. The van der Waals surface area contributed by atoms with Gasteiger partial charge in [-0.1, -0.05) is 29.8 Å². The predicted molar refractivity (Wildman–Crippen MR) is 77.6 cm³/mol. The maximum Gasteiger partial charge on any atom is 0.131 e. The summed E-state index contributed by atoms with van der Waals surface area (Å²) < 4.78 is 19.3. The van der Waals surface area contributed by atoms with E-state index in [0.717, 1.165) is 5.56 Å². The highest BCUT2D eigenvalue weighted by atomic mass is 35.5. The second-order valence-electron chi connectivity index (χ2n) is 4.74. The van der Waals surface area contributed by atoms with Crippen LogP contribution in [0.1, 0.15) is 29.7 Å². The van der Waals surface area contributed by atoms with Gasteiger partial charge in [-0.15, -0.1) is 0 Å². The number of aliphatic hydroxyl groups is 1. The van der Waals surface area contributed by atoms with Crippen molar-refractivity contribution in [3.05, 3.63) is 63.9 Å². The Balaban J connectivity index is 2.20. The standard InChI is InChI=1S/C16H16ClFO2/c1-10-3-6-14(11(2)19)16(7-10)20-9-12-4-5-13(17)8-15(12)18/h3-8,11,19H,9H2,1-2H3.